The van der Waals surface area contributed by atoms with Gasteiger partial charge in [0.25, 0.3) is 0 Å². The molecule has 1 aromatic rings. The fourth-order valence-electron chi connectivity index (χ4n) is 2.85. The number of hydrogen-bond donors (Lipinski definition) is 2. The lowest BCUT2D eigenvalue weighted by molar-refractivity contribution is -0.155. The molecule has 1 saturated carbocycles. The number of nitrogens with zero attached hydrogens (tertiary/aromatic N) is 2. The van der Waals surface area contributed by atoms with E-state index in [4.69, 9.17) is 0 Å². The number of hydrogen-bond acceptors (Lipinski definition) is 3. The van der Waals surface area contributed by atoms with E-state index in [0.717, 1.165) is 24.8 Å². The fraction of sp³-hybridized carbons (Fsp3) is 0.643. The summed E-state index contributed by atoms with van der Waals surface area (Å²) in [5, 5.41) is 16.0. The molecule has 1 fully saturated rings. The van der Waals surface area contributed by atoms with Crippen molar-refractivity contribution in [1.29, 1.82) is 0 Å². The maximum atomic E-state index is 12.3. The molecule has 0 spiro atoms. The van der Waals surface area contributed by atoms with Gasteiger partial charge in [0.05, 0.1) is 11.6 Å². The summed E-state index contributed by atoms with van der Waals surface area (Å²) in [5.41, 5.74) is 0.0499. The zero-order valence-electron chi connectivity index (χ0n) is 11.8. The molecule has 0 atom stereocenters. The lowest BCUT2D eigenvalue weighted by Gasteiger charge is -2.33. The van der Waals surface area contributed by atoms with E-state index in [2.05, 4.69) is 10.2 Å². The van der Waals surface area contributed by atoms with Crippen LogP contribution in [-0.2, 0) is 16.1 Å². The Morgan fingerprint density at radius 2 is 2.10 bits per heavy atom. The van der Waals surface area contributed by atoms with Crippen molar-refractivity contribution in [3.63, 3.8) is 0 Å². The minimum absolute atomic E-state index is 0.0939. The molecule has 0 aliphatic heterocycles. The Balaban J connectivity index is 1.99. The first kappa shape index (κ1) is 14.6. The monoisotopic (exact) mass is 279 g/mol. The van der Waals surface area contributed by atoms with E-state index >= 15 is 0 Å². The minimum Gasteiger partial charge on any atom is -0.481 e. The third kappa shape index (κ3) is 3.18. The molecule has 110 valence electrons. The largest absolute Gasteiger partial charge is 0.481 e. The average Bonchev–Trinajstić information content (AvgIpc) is 2.92. The van der Waals surface area contributed by atoms with E-state index in [1.165, 1.54) is 0 Å². The molecule has 1 aromatic heterocycles. The van der Waals surface area contributed by atoms with E-state index in [-0.39, 0.29) is 12.3 Å². The minimum atomic E-state index is -0.861. The van der Waals surface area contributed by atoms with Crippen LogP contribution in [0.4, 0.5) is 0 Å². The quantitative estimate of drug-likeness (QED) is 0.860. The van der Waals surface area contributed by atoms with E-state index in [9.17, 15) is 14.7 Å². The van der Waals surface area contributed by atoms with Gasteiger partial charge in [0.15, 0.2) is 0 Å². The second-order valence-corrected chi connectivity index (χ2v) is 5.68. The van der Waals surface area contributed by atoms with Crippen molar-refractivity contribution in [2.45, 2.75) is 45.1 Å². The third-order valence-electron chi connectivity index (χ3n) is 4.15. The lowest BCUT2D eigenvalue weighted by atomic mass is 9.71. The Hall–Kier alpha value is -1.85. The maximum Gasteiger partial charge on any atom is 0.310 e. The normalized spacial score (nSPS) is 17.6. The summed E-state index contributed by atoms with van der Waals surface area (Å²) in [4.78, 5) is 25.4. The van der Waals surface area contributed by atoms with Gasteiger partial charge in [0.2, 0.25) is 5.91 Å². The number of H-pyrrole nitrogens is 1. The molecule has 6 heteroatoms. The van der Waals surface area contributed by atoms with Crippen LogP contribution in [0.5, 0.6) is 0 Å². The molecule has 0 radical (unpaired) electrons. The summed E-state index contributed by atoms with van der Waals surface area (Å²) in [6, 6.07) is 0. The van der Waals surface area contributed by atoms with Gasteiger partial charge in [-0.2, -0.15) is 5.10 Å². The van der Waals surface area contributed by atoms with Crippen LogP contribution < -0.4 is 0 Å². The molecule has 2 rings (SSSR count). The van der Waals surface area contributed by atoms with E-state index in [0.29, 0.717) is 19.4 Å². The predicted octanol–water partition coefficient (Wildman–Crippen LogP) is 1.79. The van der Waals surface area contributed by atoms with Gasteiger partial charge in [0.1, 0.15) is 0 Å². The van der Waals surface area contributed by atoms with E-state index in [1.807, 2.05) is 0 Å². The first-order chi connectivity index (χ1) is 9.53. The molecule has 0 bridgehead atoms. The summed E-state index contributed by atoms with van der Waals surface area (Å²) in [7, 11) is 1.70. The number of amides is 1. The molecule has 6 nitrogen and oxygen atoms in total. The second-order valence-electron chi connectivity index (χ2n) is 5.68. The van der Waals surface area contributed by atoms with Crippen LogP contribution in [0.1, 0.15) is 44.1 Å². The molecule has 20 heavy (non-hydrogen) atoms. The van der Waals surface area contributed by atoms with Crippen LogP contribution in [0.25, 0.3) is 0 Å². The van der Waals surface area contributed by atoms with Crippen molar-refractivity contribution in [2.24, 2.45) is 5.41 Å². The van der Waals surface area contributed by atoms with Crippen molar-refractivity contribution in [3.05, 3.63) is 18.0 Å². The smallest absolute Gasteiger partial charge is 0.310 e. The Morgan fingerprint density at radius 1 is 1.40 bits per heavy atom. The summed E-state index contributed by atoms with van der Waals surface area (Å²) < 4.78 is 0. The highest BCUT2D eigenvalue weighted by Gasteiger charge is 2.41. The second kappa shape index (κ2) is 6.07. The highest BCUT2D eigenvalue weighted by molar-refractivity contribution is 5.85. The average molecular weight is 279 g/mol. The van der Waals surface area contributed by atoms with Gasteiger partial charge < -0.3 is 10.0 Å². The Labute approximate surface area is 118 Å². The predicted molar refractivity (Wildman–Crippen MR) is 72.8 cm³/mol. The molecular formula is C14H21N3O3. The number of nitrogens with one attached hydrogen (secondary N) is 1. The first-order valence-electron chi connectivity index (χ1n) is 6.98. The zero-order valence-corrected chi connectivity index (χ0v) is 11.8. The maximum absolute atomic E-state index is 12.3. The Morgan fingerprint density at radius 3 is 2.65 bits per heavy atom. The summed E-state index contributed by atoms with van der Waals surface area (Å²) >= 11 is 0. The van der Waals surface area contributed by atoms with Gasteiger partial charge in [-0.25, -0.2) is 0 Å². The standard InChI is InChI=1S/C14H21N3O3/c1-17(10-11-8-15-16-9-11)12(18)7-14(13(19)20)5-3-2-4-6-14/h8-9H,2-7,10H2,1H3,(H,15,16)(H,19,20). The molecular weight excluding hydrogens is 258 g/mol. The van der Waals surface area contributed by atoms with Crippen LogP contribution in [0.15, 0.2) is 12.4 Å². The number of rotatable bonds is 5. The summed E-state index contributed by atoms with van der Waals surface area (Å²) in [5.74, 6) is -0.947. The van der Waals surface area contributed by atoms with Crippen molar-refractivity contribution in [1.82, 2.24) is 15.1 Å². The number of carboxylic acids is 1. The van der Waals surface area contributed by atoms with Crippen LogP contribution in [0.3, 0.4) is 0 Å². The van der Waals surface area contributed by atoms with Gasteiger partial charge in [-0.15, -0.1) is 0 Å². The molecule has 1 aliphatic rings. The molecule has 0 unspecified atom stereocenters. The van der Waals surface area contributed by atoms with Gasteiger partial charge in [0, 0.05) is 31.8 Å². The van der Waals surface area contributed by atoms with Crippen molar-refractivity contribution in [2.75, 3.05) is 7.05 Å². The third-order valence-corrected chi connectivity index (χ3v) is 4.15. The SMILES string of the molecule is CN(Cc1cn[nH]c1)C(=O)CC1(C(=O)O)CCCCC1. The fourth-order valence-corrected chi connectivity index (χ4v) is 2.85. The van der Waals surface area contributed by atoms with Gasteiger partial charge >= 0.3 is 5.97 Å². The summed E-state index contributed by atoms with van der Waals surface area (Å²) in [6.07, 6.45) is 7.55. The molecule has 0 saturated heterocycles. The highest BCUT2D eigenvalue weighted by atomic mass is 16.4. The molecule has 0 aromatic carbocycles. The Bertz CT molecular complexity index is 464. The number of carbonyl (C=O) groups is 2. The van der Waals surface area contributed by atoms with Crippen molar-refractivity contribution in [3.8, 4) is 0 Å². The number of carboxylic acid groups (broad SMARTS) is 1. The highest BCUT2D eigenvalue weighted by Crippen LogP contribution is 2.40. The van der Waals surface area contributed by atoms with Crippen molar-refractivity contribution < 1.29 is 14.7 Å². The number of carbonyl (C=O) groups excluding carboxylic acids is 1. The number of aromatic nitrogens is 2. The van der Waals surface area contributed by atoms with Gasteiger partial charge in [-0.05, 0) is 12.8 Å². The molecule has 1 heterocycles. The summed E-state index contributed by atoms with van der Waals surface area (Å²) in [6.45, 7) is 0.449. The topological polar surface area (TPSA) is 86.3 Å². The molecule has 1 amide bonds. The van der Waals surface area contributed by atoms with Crippen LogP contribution in [-0.4, -0.2) is 39.1 Å². The van der Waals surface area contributed by atoms with E-state index in [1.54, 1.807) is 24.3 Å². The van der Waals surface area contributed by atoms with Crippen molar-refractivity contribution >= 4 is 11.9 Å². The van der Waals surface area contributed by atoms with Crippen LogP contribution in [0.2, 0.25) is 0 Å². The molecule has 1 aliphatic carbocycles. The number of aromatic amines is 1. The van der Waals surface area contributed by atoms with Crippen LogP contribution in [0, 0.1) is 5.41 Å². The Kier molecular flexibility index (Phi) is 4.42. The number of aliphatic carboxylic acids is 1. The van der Waals surface area contributed by atoms with E-state index < -0.39 is 11.4 Å². The van der Waals surface area contributed by atoms with Gasteiger partial charge in [-0.1, -0.05) is 19.3 Å². The lowest BCUT2D eigenvalue weighted by Crippen LogP contribution is -2.39. The molecule has 2 N–H and O–H groups in total. The zero-order chi connectivity index (χ0) is 14.6. The van der Waals surface area contributed by atoms with Gasteiger partial charge in [-0.3, -0.25) is 14.7 Å². The first-order valence-corrected chi connectivity index (χ1v) is 6.98. The van der Waals surface area contributed by atoms with Crippen LogP contribution >= 0.6 is 0 Å².